The van der Waals surface area contributed by atoms with Crippen molar-refractivity contribution >= 4 is 23.3 Å². The van der Waals surface area contributed by atoms with Crippen LogP contribution < -0.4 is 14.8 Å². The molecular formula is C27H29N3O3S. The Morgan fingerprint density at radius 2 is 1.79 bits per heavy atom. The van der Waals surface area contributed by atoms with Gasteiger partial charge in [-0.1, -0.05) is 24.3 Å². The molecule has 0 spiro atoms. The third-order valence-corrected chi connectivity index (χ3v) is 6.34. The minimum absolute atomic E-state index is 0.0749. The first-order valence-electron chi connectivity index (χ1n) is 11.5. The van der Waals surface area contributed by atoms with E-state index in [1.807, 2.05) is 91.3 Å². The molecule has 0 saturated carbocycles. The van der Waals surface area contributed by atoms with Gasteiger partial charge in [0.2, 0.25) is 0 Å². The van der Waals surface area contributed by atoms with Crippen LogP contribution in [0.2, 0.25) is 0 Å². The number of benzene rings is 2. The smallest absolute Gasteiger partial charge is 0.252 e. The van der Waals surface area contributed by atoms with E-state index in [1.54, 1.807) is 11.8 Å². The zero-order valence-electron chi connectivity index (χ0n) is 19.5. The Balaban J connectivity index is 1.36. The van der Waals surface area contributed by atoms with E-state index in [0.717, 1.165) is 33.3 Å². The lowest BCUT2D eigenvalue weighted by atomic mass is 10.1. The van der Waals surface area contributed by atoms with E-state index in [4.69, 9.17) is 9.47 Å². The van der Waals surface area contributed by atoms with Crippen molar-refractivity contribution in [1.82, 2.24) is 14.7 Å². The number of aromatic nitrogens is 2. The van der Waals surface area contributed by atoms with Crippen LogP contribution in [0, 0.1) is 0 Å². The molecule has 2 aromatic heterocycles. The number of hydrogen-bond acceptors (Lipinski definition) is 5. The Hall–Kier alpha value is -3.45. The minimum Gasteiger partial charge on any atom is -0.490 e. The summed E-state index contributed by atoms with van der Waals surface area (Å²) in [5.74, 6) is 2.10. The SMILES string of the molecule is CCOc1ccc(CCNC(=O)c2ccccc2SCc2cn3ccccc3n2)cc1OCC. The molecule has 0 bridgehead atoms. The number of rotatable bonds is 11. The van der Waals surface area contributed by atoms with Gasteiger partial charge in [0.15, 0.2) is 11.5 Å². The average Bonchev–Trinajstić information content (AvgIpc) is 3.28. The molecule has 0 aliphatic rings. The van der Waals surface area contributed by atoms with E-state index in [-0.39, 0.29) is 5.91 Å². The molecule has 0 atom stereocenters. The summed E-state index contributed by atoms with van der Waals surface area (Å²) in [5, 5.41) is 3.05. The monoisotopic (exact) mass is 475 g/mol. The molecule has 176 valence electrons. The minimum atomic E-state index is -0.0749. The van der Waals surface area contributed by atoms with Crippen molar-refractivity contribution in [2.24, 2.45) is 0 Å². The van der Waals surface area contributed by atoms with Crippen LogP contribution >= 0.6 is 11.8 Å². The summed E-state index contributed by atoms with van der Waals surface area (Å²) in [5.41, 5.74) is 3.66. The van der Waals surface area contributed by atoms with E-state index in [1.165, 1.54) is 0 Å². The second-order valence-electron chi connectivity index (χ2n) is 7.64. The highest BCUT2D eigenvalue weighted by atomic mass is 32.2. The quantitative estimate of drug-likeness (QED) is 0.294. The summed E-state index contributed by atoms with van der Waals surface area (Å²) >= 11 is 1.62. The third kappa shape index (κ3) is 5.91. The first-order chi connectivity index (χ1) is 16.7. The van der Waals surface area contributed by atoms with Crippen LogP contribution in [0.3, 0.4) is 0 Å². The Morgan fingerprint density at radius 1 is 1.00 bits per heavy atom. The van der Waals surface area contributed by atoms with Gasteiger partial charge in [-0.3, -0.25) is 4.79 Å². The van der Waals surface area contributed by atoms with Crippen molar-refractivity contribution in [1.29, 1.82) is 0 Å². The van der Waals surface area contributed by atoms with Crippen LogP contribution in [-0.4, -0.2) is 35.1 Å². The summed E-state index contributed by atoms with van der Waals surface area (Å²) in [7, 11) is 0. The normalized spacial score (nSPS) is 10.9. The Bertz CT molecular complexity index is 1220. The van der Waals surface area contributed by atoms with E-state index in [0.29, 0.717) is 37.5 Å². The Kier molecular flexibility index (Phi) is 8.09. The summed E-state index contributed by atoms with van der Waals surface area (Å²) in [6.45, 7) is 5.59. The van der Waals surface area contributed by atoms with Crippen molar-refractivity contribution in [3.05, 3.63) is 89.9 Å². The maximum atomic E-state index is 12.9. The molecule has 6 nitrogen and oxygen atoms in total. The van der Waals surface area contributed by atoms with Gasteiger partial charge in [-0.2, -0.15) is 0 Å². The second-order valence-corrected chi connectivity index (χ2v) is 8.65. The van der Waals surface area contributed by atoms with Crippen LogP contribution in [0.5, 0.6) is 11.5 Å². The van der Waals surface area contributed by atoms with Gasteiger partial charge in [-0.25, -0.2) is 4.98 Å². The number of pyridine rings is 1. The second kappa shape index (κ2) is 11.6. The van der Waals surface area contributed by atoms with Crippen molar-refractivity contribution in [2.75, 3.05) is 19.8 Å². The largest absolute Gasteiger partial charge is 0.490 e. The van der Waals surface area contributed by atoms with Gasteiger partial charge in [0, 0.05) is 29.6 Å². The van der Waals surface area contributed by atoms with Crippen LogP contribution in [0.25, 0.3) is 5.65 Å². The number of amides is 1. The van der Waals surface area contributed by atoms with Crippen LogP contribution in [0.15, 0.2) is 78.0 Å². The van der Waals surface area contributed by atoms with Gasteiger partial charge < -0.3 is 19.2 Å². The van der Waals surface area contributed by atoms with Gasteiger partial charge >= 0.3 is 0 Å². The predicted octanol–water partition coefficient (Wildman–Crippen LogP) is 5.40. The molecule has 0 fully saturated rings. The standard InChI is InChI=1S/C27H29N3O3S/c1-3-32-23-13-12-20(17-24(23)33-4-2)14-15-28-27(31)22-9-5-6-10-25(22)34-19-21-18-30-16-8-7-11-26(30)29-21/h5-13,16-18H,3-4,14-15,19H2,1-2H3,(H,28,31). The molecule has 1 amide bonds. The van der Waals surface area contributed by atoms with E-state index in [9.17, 15) is 4.79 Å². The Labute approximate surface area is 204 Å². The number of imidazole rings is 1. The number of carbonyl (C=O) groups excluding carboxylic acids is 1. The molecule has 1 N–H and O–H groups in total. The van der Waals surface area contributed by atoms with E-state index >= 15 is 0 Å². The molecular weight excluding hydrogens is 446 g/mol. The number of nitrogens with zero attached hydrogens (tertiary/aromatic N) is 2. The molecule has 0 unspecified atom stereocenters. The van der Waals surface area contributed by atoms with Gasteiger partial charge in [-0.15, -0.1) is 11.8 Å². The van der Waals surface area contributed by atoms with E-state index in [2.05, 4.69) is 10.3 Å². The Morgan fingerprint density at radius 3 is 2.62 bits per heavy atom. The van der Waals surface area contributed by atoms with E-state index < -0.39 is 0 Å². The lowest BCUT2D eigenvalue weighted by molar-refractivity contribution is 0.0951. The average molecular weight is 476 g/mol. The fourth-order valence-electron chi connectivity index (χ4n) is 3.66. The molecule has 34 heavy (non-hydrogen) atoms. The first kappa shape index (κ1) is 23.7. The fraction of sp³-hybridized carbons (Fsp3) is 0.259. The molecule has 7 heteroatoms. The first-order valence-corrected chi connectivity index (χ1v) is 12.5. The highest BCUT2D eigenvalue weighted by molar-refractivity contribution is 7.98. The maximum Gasteiger partial charge on any atom is 0.252 e. The molecule has 4 rings (SSSR count). The number of hydrogen-bond donors (Lipinski definition) is 1. The predicted molar refractivity (Wildman–Crippen MR) is 136 cm³/mol. The maximum absolute atomic E-state index is 12.9. The zero-order chi connectivity index (χ0) is 23.8. The lowest BCUT2D eigenvalue weighted by Crippen LogP contribution is -2.26. The lowest BCUT2D eigenvalue weighted by Gasteiger charge is -2.13. The highest BCUT2D eigenvalue weighted by Gasteiger charge is 2.13. The summed E-state index contributed by atoms with van der Waals surface area (Å²) in [6, 6.07) is 19.6. The van der Waals surface area contributed by atoms with Crippen LogP contribution in [0.4, 0.5) is 0 Å². The zero-order valence-corrected chi connectivity index (χ0v) is 20.3. The summed E-state index contributed by atoms with van der Waals surface area (Å²) < 4.78 is 13.3. The van der Waals surface area contributed by atoms with Gasteiger partial charge in [-0.05, 0) is 62.2 Å². The number of nitrogens with one attached hydrogen (secondary N) is 1. The molecule has 0 saturated heterocycles. The molecule has 0 aliphatic carbocycles. The topological polar surface area (TPSA) is 64.9 Å². The number of thioether (sulfide) groups is 1. The van der Waals surface area contributed by atoms with Crippen molar-refractivity contribution in [3.8, 4) is 11.5 Å². The number of carbonyl (C=O) groups is 1. The number of ether oxygens (including phenoxy) is 2. The van der Waals surface area contributed by atoms with Crippen LogP contribution in [-0.2, 0) is 12.2 Å². The molecule has 2 aromatic carbocycles. The highest BCUT2D eigenvalue weighted by Crippen LogP contribution is 2.29. The molecule has 4 aromatic rings. The van der Waals surface area contributed by atoms with Gasteiger partial charge in [0.05, 0.1) is 24.5 Å². The summed E-state index contributed by atoms with van der Waals surface area (Å²) in [6.07, 6.45) is 4.72. The summed E-state index contributed by atoms with van der Waals surface area (Å²) in [4.78, 5) is 18.5. The van der Waals surface area contributed by atoms with Gasteiger partial charge in [0.1, 0.15) is 5.65 Å². The van der Waals surface area contributed by atoms with Crippen LogP contribution in [0.1, 0.15) is 35.5 Å². The third-order valence-electron chi connectivity index (χ3n) is 5.23. The van der Waals surface area contributed by atoms with Crippen molar-refractivity contribution in [3.63, 3.8) is 0 Å². The van der Waals surface area contributed by atoms with Crippen molar-refractivity contribution in [2.45, 2.75) is 30.9 Å². The molecule has 0 radical (unpaired) electrons. The molecule has 0 aliphatic heterocycles. The van der Waals surface area contributed by atoms with Crippen molar-refractivity contribution < 1.29 is 14.3 Å². The fourth-order valence-corrected chi connectivity index (χ4v) is 4.59. The molecule has 2 heterocycles. The van der Waals surface area contributed by atoms with Gasteiger partial charge in [0.25, 0.3) is 5.91 Å². The number of fused-ring (bicyclic) bond motifs is 1.